The van der Waals surface area contributed by atoms with Crippen LogP contribution in [0.2, 0.25) is 0 Å². The summed E-state index contributed by atoms with van der Waals surface area (Å²) in [6.45, 7) is 9.90. The average molecular weight is 469 g/mol. The van der Waals surface area contributed by atoms with E-state index in [9.17, 15) is 5.11 Å². The van der Waals surface area contributed by atoms with Crippen molar-refractivity contribution in [2.75, 3.05) is 0 Å². The zero-order valence-electron chi connectivity index (χ0n) is 22.4. The molecule has 1 aliphatic heterocycles. The molecule has 1 heterocycles. The number of hydrogen-bond acceptors (Lipinski definition) is 2. The van der Waals surface area contributed by atoms with Crippen molar-refractivity contribution >= 4 is 0 Å². The van der Waals surface area contributed by atoms with Crippen LogP contribution in [0.25, 0.3) is 0 Å². The van der Waals surface area contributed by atoms with Crippen LogP contribution >= 0.6 is 0 Å². The monoisotopic (exact) mass is 468 g/mol. The van der Waals surface area contributed by atoms with Crippen molar-refractivity contribution in [3.05, 3.63) is 12.2 Å². The van der Waals surface area contributed by atoms with Crippen LogP contribution in [0.4, 0.5) is 0 Å². The SMILES string of the molecule is C=C1CC2(CCC(CCC3(O)CCCCC3)C2)C2OC2(C)CCC2C1CC2(C)C1CCCCC1. The van der Waals surface area contributed by atoms with Gasteiger partial charge in [0.05, 0.1) is 17.3 Å². The molecule has 2 heteroatoms. The fourth-order valence-corrected chi connectivity index (χ4v) is 10.4. The van der Waals surface area contributed by atoms with Crippen molar-refractivity contribution in [3.63, 3.8) is 0 Å². The third-order valence-corrected chi connectivity index (χ3v) is 12.6. The van der Waals surface area contributed by atoms with Gasteiger partial charge >= 0.3 is 0 Å². The summed E-state index contributed by atoms with van der Waals surface area (Å²) in [5.74, 6) is 3.34. The largest absolute Gasteiger partial charge is 0.390 e. The first-order valence-electron chi connectivity index (χ1n) is 15.3. The maximum atomic E-state index is 11.1. The summed E-state index contributed by atoms with van der Waals surface area (Å²) >= 11 is 0. The zero-order chi connectivity index (χ0) is 23.6. The first-order chi connectivity index (χ1) is 16.3. The van der Waals surface area contributed by atoms with E-state index in [0.717, 1.165) is 42.9 Å². The molecule has 0 aromatic rings. The van der Waals surface area contributed by atoms with Crippen LogP contribution in [0, 0.1) is 34.5 Å². The molecule has 7 atom stereocenters. The minimum absolute atomic E-state index is 0.120. The number of epoxide rings is 1. The normalized spacial score (nSPS) is 48.9. The second-order valence-electron chi connectivity index (χ2n) is 14.7. The third kappa shape index (κ3) is 4.06. The summed E-state index contributed by atoms with van der Waals surface area (Å²) in [7, 11) is 0. The topological polar surface area (TPSA) is 32.8 Å². The van der Waals surface area contributed by atoms with E-state index in [2.05, 4.69) is 13.8 Å². The van der Waals surface area contributed by atoms with Gasteiger partial charge in [-0.3, -0.25) is 0 Å². The van der Waals surface area contributed by atoms with E-state index < -0.39 is 0 Å². The van der Waals surface area contributed by atoms with Crippen LogP contribution in [0.3, 0.4) is 0 Å². The highest BCUT2D eigenvalue weighted by Gasteiger charge is 2.66. The van der Waals surface area contributed by atoms with Gasteiger partial charge in [0.2, 0.25) is 0 Å². The lowest BCUT2D eigenvalue weighted by Gasteiger charge is -2.59. The van der Waals surface area contributed by atoms with Gasteiger partial charge in [0.25, 0.3) is 0 Å². The lowest BCUT2D eigenvalue weighted by molar-refractivity contribution is -0.0809. The van der Waals surface area contributed by atoms with E-state index in [1.807, 2.05) is 0 Å². The molecule has 192 valence electrons. The lowest BCUT2D eigenvalue weighted by Crippen LogP contribution is -2.52. The van der Waals surface area contributed by atoms with Gasteiger partial charge in [0.1, 0.15) is 0 Å². The molecule has 0 aromatic heterocycles. The van der Waals surface area contributed by atoms with Gasteiger partial charge in [-0.25, -0.2) is 0 Å². The Morgan fingerprint density at radius 3 is 2.38 bits per heavy atom. The Balaban J connectivity index is 1.14. The molecule has 0 radical (unpaired) electrons. The minimum Gasteiger partial charge on any atom is -0.390 e. The molecule has 7 unspecified atom stereocenters. The van der Waals surface area contributed by atoms with Gasteiger partial charge in [-0.2, -0.15) is 0 Å². The highest BCUT2D eigenvalue weighted by molar-refractivity contribution is 5.23. The highest BCUT2D eigenvalue weighted by atomic mass is 16.6. The predicted molar refractivity (Wildman–Crippen MR) is 140 cm³/mol. The van der Waals surface area contributed by atoms with E-state index >= 15 is 0 Å². The molecule has 1 N–H and O–H groups in total. The Morgan fingerprint density at radius 2 is 1.62 bits per heavy atom. The van der Waals surface area contributed by atoms with Crippen LogP contribution in [0.1, 0.15) is 136 Å². The molecule has 5 saturated carbocycles. The Morgan fingerprint density at radius 1 is 0.882 bits per heavy atom. The van der Waals surface area contributed by atoms with Gasteiger partial charge in [-0.15, -0.1) is 0 Å². The Hall–Kier alpha value is -0.340. The molecule has 0 amide bonds. The molecule has 34 heavy (non-hydrogen) atoms. The Kier molecular flexibility index (Phi) is 6.08. The van der Waals surface area contributed by atoms with Gasteiger partial charge in [0, 0.05) is 5.41 Å². The average Bonchev–Trinajstić information content (AvgIpc) is 3.33. The van der Waals surface area contributed by atoms with Crippen LogP contribution < -0.4 is 0 Å². The smallest absolute Gasteiger partial charge is 0.0930 e. The molecule has 1 spiro atoms. The van der Waals surface area contributed by atoms with Crippen LogP contribution in [-0.2, 0) is 4.74 Å². The quantitative estimate of drug-likeness (QED) is 0.332. The molecule has 0 bridgehead atoms. The van der Waals surface area contributed by atoms with E-state index in [-0.39, 0.29) is 11.2 Å². The maximum absolute atomic E-state index is 11.1. The van der Waals surface area contributed by atoms with Crippen molar-refractivity contribution in [1.82, 2.24) is 0 Å². The fourth-order valence-electron chi connectivity index (χ4n) is 10.4. The van der Waals surface area contributed by atoms with E-state index in [1.54, 1.807) is 5.57 Å². The lowest BCUT2D eigenvalue weighted by atomic mass is 9.45. The van der Waals surface area contributed by atoms with Crippen LogP contribution in [0.5, 0.6) is 0 Å². The summed E-state index contributed by atoms with van der Waals surface area (Å²) in [4.78, 5) is 0. The van der Waals surface area contributed by atoms with Crippen molar-refractivity contribution < 1.29 is 9.84 Å². The maximum Gasteiger partial charge on any atom is 0.0930 e. The molecule has 0 aromatic carbocycles. The summed E-state index contributed by atoms with van der Waals surface area (Å²) in [6.07, 6.45) is 25.1. The molecule has 6 rings (SSSR count). The van der Waals surface area contributed by atoms with Gasteiger partial charge in [-0.1, -0.05) is 57.6 Å². The van der Waals surface area contributed by atoms with Crippen molar-refractivity contribution in [2.45, 2.75) is 153 Å². The first kappa shape index (κ1) is 24.0. The van der Waals surface area contributed by atoms with E-state index in [4.69, 9.17) is 11.3 Å². The second kappa shape index (κ2) is 8.61. The Labute approximate surface area is 209 Å². The number of hydrogen-bond donors (Lipinski definition) is 1. The predicted octanol–water partition coefficient (Wildman–Crippen LogP) is 8.37. The molecular formula is C32H52O2. The first-order valence-corrected chi connectivity index (χ1v) is 15.3. The molecule has 5 aliphatic carbocycles. The number of allylic oxidation sites excluding steroid dienone is 1. The zero-order valence-corrected chi connectivity index (χ0v) is 22.4. The summed E-state index contributed by atoms with van der Waals surface area (Å²) in [6, 6.07) is 0. The third-order valence-electron chi connectivity index (χ3n) is 12.6. The molecule has 6 aliphatic rings. The summed E-state index contributed by atoms with van der Waals surface area (Å²) in [5, 5.41) is 11.1. The molecule has 6 fully saturated rings. The van der Waals surface area contributed by atoms with Crippen LogP contribution in [0.15, 0.2) is 12.2 Å². The van der Waals surface area contributed by atoms with E-state index in [0.29, 0.717) is 16.9 Å². The van der Waals surface area contributed by atoms with E-state index in [1.165, 1.54) is 103 Å². The fraction of sp³-hybridized carbons (Fsp3) is 0.938. The molecule has 1 saturated heterocycles. The standard InChI is InChI=1S/C32H52O2/c1-23-20-31(18-12-24(21-31)13-19-32(33)15-8-5-9-16-32)28-30(3,34-28)17-14-27-26(23)22-29(27,2)25-10-6-4-7-11-25/h24-28,33H,1,4-22H2,2-3H3. The summed E-state index contributed by atoms with van der Waals surface area (Å²) in [5.41, 5.74) is 2.24. The van der Waals surface area contributed by atoms with Crippen molar-refractivity contribution in [1.29, 1.82) is 0 Å². The molecule has 2 nitrogen and oxygen atoms in total. The van der Waals surface area contributed by atoms with Gasteiger partial charge < -0.3 is 9.84 Å². The number of ether oxygens (including phenoxy) is 1. The Bertz CT molecular complexity index is 776. The van der Waals surface area contributed by atoms with Crippen LogP contribution in [-0.4, -0.2) is 22.4 Å². The highest BCUT2D eigenvalue weighted by Crippen LogP contribution is 2.68. The van der Waals surface area contributed by atoms with Gasteiger partial charge in [-0.05, 0) is 119 Å². The van der Waals surface area contributed by atoms with Crippen molar-refractivity contribution in [2.24, 2.45) is 34.5 Å². The number of fused-ring (bicyclic) bond motifs is 3. The second-order valence-corrected chi connectivity index (χ2v) is 14.7. The summed E-state index contributed by atoms with van der Waals surface area (Å²) < 4.78 is 6.66. The number of rotatable bonds is 4. The van der Waals surface area contributed by atoms with Gasteiger partial charge in [0.15, 0.2) is 0 Å². The minimum atomic E-state index is -0.358. The van der Waals surface area contributed by atoms with Crippen molar-refractivity contribution in [3.8, 4) is 0 Å². The molecular weight excluding hydrogens is 416 g/mol. The number of aliphatic hydroxyl groups is 1.